The minimum atomic E-state index is 0.235. The molecule has 0 spiro atoms. The zero-order valence-corrected chi connectivity index (χ0v) is 15.1. The third kappa shape index (κ3) is 4.80. The normalized spacial score (nSPS) is 16.2. The van der Waals surface area contributed by atoms with Gasteiger partial charge in [-0.25, -0.2) is 4.98 Å². The highest BCUT2D eigenvalue weighted by Crippen LogP contribution is 2.22. The number of benzene rings is 1. The summed E-state index contributed by atoms with van der Waals surface area (Å²) in [5, 5.41) is 6.69. The van der Waals surface area contributed by atoms with Crippen LogP contribution in [0.3, 0.4) is 0 Å². The van der Waals surface area contributed by atoms with Crippen LogP contribution in [0.25, 0.3) is 11.3 Å². The van der Waals surface area contributed by atoms with E-state index >= 15 is 0 Å². The number of pyridine rings is 1. The predicted octanol–water partition coefficient (Wildman–Crippen LogP) is 3.74. The Morgan fingerprint density at radius 2 is 1.89 bits per heavy atom. The van der Waals surface area contributed by atoms with E-state index in [0.29, 0.717) is 12.5 Å². The molecule has 6 nitrogen and oxygen atoms in total. The maximum atomic E-state index is 5.68. The van der Waals surface area contributed by atoms with Crippen molar-refractivity contribution in [3.05, 3.63) is 66.5 Å². The molecule has 0 aliphatic carbocycles. The summed E-state index contributed by atoms with van der Waals surface area (Å²) in [6, 6.07) is 18.0. The van der Waals surface area contributed by atoms with Gasteiger partial charge in [-0.15, -0.1) is 0 Å². The lowest BCUT2D eigenvalue weighted by molar-refractivity contribution is 0.120. The van der Waals surface area contributed by atoms with Crippen molar-refractivity contribution in [1.29, 1.82) is 0 Å². The summed E-state index contributed by atoms with van der Waals surface area (Å²) in [5.41, 5.74) is 2.90. The Kier molecular flexibility index (Phi) is 5.55. The SMILES string of the molecule is c1ccc(-c2cc(NCc3ccccn3)nc(NCC3CCCO3)n2)cc1. The van der Waals surface area contributed by atoms with Crippen LogP contribution in [0.2, 0.25) is 0 Å². The van der Waals surface area contributed by atoms with Gasteiger partial charge in [0, 0.05) is 31.0 Å². The van der Waals surface area contributed by atoms with Gasteiger partial charge in [0.15, 0.2) is 0 Å². The van der Waals surface area contributed by atoms with Crippen molar-refractivity contribution < 1.29 is 4.74 Å². The average Bonchev–Trinajstić information content (AvgIpc) is 3.26. The summed E-state index contributed by atoms with van der Waals surface area (Å²) in [5.74, 6) is 1.37. The molecule has 6 heteroatoms. The van der Waals surface area contributed by atoms with Gasteiger partial charge in [-0.2, -0.15) is 4.98 Å². The standard InChI is InChI=1S/C21H23N5O/c1-2-7-16(8-3-1)19-13-20(23-14-17-9-4-5-11-22-17)26-21(25-19)24-15-18-10-6-12-27-18/h1-5,7-9,11,13,18H,6,10,12,14-15H2,(H2,23,24,25,26). The molecular formula is C21H23N5O. The zero-order chi connectivity index (χ0) is 18.3. The van der Waals surface area contributed by atoms with Crippen molar-refractivity contribution in [2.45, 2.75) is 25.5 Å². The second-order valence-corrected chi connectivity index (χ2v) is 6.52. The van der Waals surface area contributed by atoms with Crippen molar-refractivity contribution in [1.82, 2.24) is 15.0 Å². The monoisotopic (exact) mass is 361 g/mol. The molecule has 1 aliphatic rings. The molecule has 2 N–H and O–H groups in total. The highest BCUT2D eigenvalue weighted by atomic mass is 16.5. The van der Waals surface area contributed by atoms with E-state index in [0.717, 1.165) is 48.8 Å². The summed E-state index contributed by atoms with van der Waals surface area (Å²) >= 11 is 0. The van der Waals surface area contributed by atoms with Gasteiger partial charge >= 0.3 is 0 Å². The minimum absolute atomic E-state index is 0.235. The van der Waals surface area contributed by atoms with E-state index < -0.39 is 0 Å². The Hall–Kier alpha value is -2.99. The summed E-state index contributed by atoms with van der Waals surface area (Å²) in [6.45, 7) is 2.17. The molecule has 138 valence electrons. The lowest BCUT2D eigenvalue weighted by Gasteiger charge is -2.13. The maximum Gasteiger partial charge on any atom is 0.225 e. The van der Waals surface area contributed by atoms with Gasteiger partial charge in [-0.1, -0.05) is 36.4 Å². The highest BCUT2D eigenvalue weighted by molar-refractivity contribution is 5.64. The molecule has 1 fully saturated rings. The van der Waals surface area contributed by atoms with E-state index in [2.05, 4.69) is 37.7 Å². The molecule has 4 rings (SSSR count). The largest absolute Gasteiger partial charge is 0.376 e. The van der Waals surface area contributed by atoms with Crippen LogP contribution in [0.1, 0.15) is 18.5 Å². The van der Waals surface area contributed by atoms with Gasteiger partial charge in [-0.3, -0.25) is 4.98 Å². The minimum Gasteiger partial charge on any atom is -0.376 e. The first kappa shape index (κ1) is 17.4. The van der Waals surface area contributed by atoms with E-state index in [4.69, 9.17) is 4.74 Å². The van der Waals surface area contributed by atoms with Crippen LogP contribution in [-0.2, 0) is 11.3 Å². The van der Waals surface area contributed by atoms with Crippen LogP contribution in [0.5, 0.6) is 0 Å². The molecular weight excluding hydrogens is 338 g/mol. The predicted molar refractivity (Wildman–Crippen MR) is 106 cm³/mol. The fourth-order valence-corrected chi connectivity index (χ4v) is 3.07. The molecule has 1 saturated heterocycles. The summed E-state index contributed by atoms with van der Waals surface area (Å²) in [4.78, 5) is 13.7. The molecule has 1 unspecified atom stereocenters. The third-order valence-corrected chi connectivity index (χ3v) is 4.48. The first-order valence-corrected chi connectivity index (χ1v) is 9.30. The number of aromatic nitrogens is 3. The van der Waals surface area contributed by atoms with Crippen LogP contribution in [-0.4, -0.2) is 34.2 Å². The van der Waals surface area contributed by atoms with Crippen LogP contribution in [0.4, 0.5) is 11.8 Å². The molecule has 1 aliphatic heterocycles. The van der Waals surface area contributed by atoms with Crippen LogP contribution in [0.15, 0.2) is 60.8 Å². The number of nitrogens with one attached hydrogen (secondary N) is 2. The Morgan fingerprint density at radius 1 is 1.00 bits per heavy atom. The van der Waals surface area contributed by atoms with Gasteiger partial charge in [-0.05, 0) is 25.0 Å². The number of nitrogens with zero attached hydrogens (tertiary/aromatic N) is 3. The molecule has 1 atom stereocenters. The van der Waals surface area contributed by atoms with E-state index in [9.17, 15) is 0 Å². The molecule has 0 bridgehead atoms. The number of rotatable bonds is 7. The molecule has 0 saturated carbocycles. The van der Waals surface area contributed by atoms with E-state index in [-0.39, 0.29) is 6.10 Å². The Bertz CT molecular complexity index is 851. The van der Waals surface area contributed by atoms with Crippen molar-refractivity contribution in [2.75, 3.05) is 23.8 Å². The number of hydrogen-bond acceptors (Lipinski definition) is 6. The van der Waals surface area contributed by atoms with E-state index in [1.807, 2.05) is 42.5 Å². The Balaban J connectivity index is 1.53. The van der Waals surface area contributed by atoms with E-state index in [1.54, 1.807) is 6.20 Å². The summed E-state index contributed by atoms with van der Waals surface area (Å²) in [6.07, 6.45) is 4.23. The molecule has 3 aromatic rings. The van der Waals surface area contributed by atoms with Gasteiger partial charge in [0.25, 0.3) is 0 Å². The molecule has 3 heterocycles. The second-order valence-electron chi connectivity index (χ2n) is 6.52. The first-order valence-electron chi connectivity index (χ1n) is 9.30. The van der Waals surface area contributed by atoms with Crippen molar-refractivity contribution in [2.24, 2.45) is 0 Å². The fourth-order valence-electron chi connectivity index (χ4n) is 3.07. The molecule has 27 heavy (non-hydrogen) atoms. The van der Waals surface area contributed by atoms with Gasteiger partial charge in [0.05, 0.1) is 24.0 Å². The van der Waals surface area contributed by atoms with Gasteiger partial charge in [0.1, 0.15) is 5.82 Å². The van der Waals surface area contributed by atoms with Crippen molar-refractivity contribution in [3.63, 3.8) is 0 Å². The number of anilines is 2. The fraction of sp³-hybridized carbons (Fsp3) is 0.286. The van der Waals surface area contributed by atoms with Crippen LogP contribution >= 0.6 is 0 Å². The lowest BCUT2D eigenvalue weighted by atomic mass is 10.1. The lowest BCUT2D eigenvalue weighted by Crippen LogP contribution is -2.20. The Morgan fingerprint density at radius 3 is 2.67 bits per heavy atom. The number of hydrogen-bond donors (Lipinski definition) is 2. The first-order chi connectivity index (χ1) is 13.4. The van der Waals surface area contributed by atoms with Crippen LogP contribution < -0.4 is 10.6 Å². The molecule has 0 radical (unpaired) electrons. The quantitative estimate of drug-likeness (QED) is 0.668. The average molecular weight is 361 g/mol. The molecule has 0 amide bonds. The Labute approximate surface area is 159 Å². The van der Waals surface area contributed by atoms with Crippen molar-refractivity contribution in [3.8, 4) is 11.3 Å². The molecule has 2 aromatic heterocycles. The van der Waals surface area contributed by atoms with E-state index in [1.165, 1.54) is 0 Å². The summed E-state index contributed by atoms with van der Waals surface area (Å²) < 4.78 is 5.68. The zero-order valence-electron chi connectivity index (χ0n) is 15.1. The van der Waals surface area contributed by atoms with Crippen LogP contribution in [0, 0.1) is 0 Å². The third-order valence-electron chi connectivity index (χ3n) is 4.48. The van der Waals surface area contributed by atoms with Crippen molar-refractivity contribution >= 4 is 11.8 Å². The highest BCUT2D eigenvalue weighted by Gasteiger charge is 2.16. The summed E-state index contributed by atoms with van der Waals surface area (Å²) in [7, 11) is 0. The van der Waals surface area contributed by atoms with Gasteiger partial charge in [0.2, 0.25) is 5.95 Å². The van der Waals surface area contributed by atoms with Gasteiger partial charge < -0.3 is 15.4 Å². The molecule has 1 aromatic carbocycles. The topological polar surface area (TPSA) is 72.0 Å². The number of ether oxygens (including phenoxy) is 1. The second kappa shape index (κ2) is 8.60. The maximum absolute atomic E-state index is 5.68. The smallest absolute Gasteiger partial charge is 0.225 e.